The maximum Gasteiger partial charge on any atom is 0.258 e. The molecule has 0 aliphatic heterocycles. The number of amides is 1. The molecule has 0 saturated carbocycles. The summed E-state index contributed by atoms with van der Waals surface area (Å²) in [5.74, 6) is 0.307. The molecule has 2 heterocycles. The molecule has 0 aliphatic carbocycles. The summed E-state index contributed by atoms with van der Waals surface area (Å²) in [6.07, 6.45) is 4.74. The van der Waals surface area contributed by atoms with Gasteiger partial charge in [-0.1, -0.05) is 23.2 Å². The Morgan fingerprint density at radius 1 is 1.21 bits per heavy atom. The number of halogens is 2. The van der Waals surface area contributed by atoms with E-state index < -0.39 is 0 Å². The molecule has 1 atom stereocenters. The van der Waals surface area contributed by atoms with E-state index in [1.165, 1.54) is 6.20 Å². The van der Waals surface area contributed by atoms with Gasteiger partial charge in [0.2, 0.25) is 0 Å². The molecule has 1 amide bonds. The standard InChI is InChI=1S/C17H14Cl2N4O/c1-11(14-9-13(18)4-5-15(14)19)23-16(6-8-21-23)22-17(24)12-3-2-7-20-10-12/h2-11H,1H3,(H,22,24)/t11-/m1/s1. The van der Waals surface area contributed by atoms with Gasteiger partial charge >= 0.3 is 0 Å². The molecule has 0 bridgehead atoms. The third kappa shape index (κ3) is 3.42. The minimum absolute atomic E-state index is 0.199. The third-order valence-electron chi connectivity index (χ3n) is 3.61. The topological polar surface area (TPSA) is 59.8 Å². The molecule has 0 saturated heterocycles. The summed E-state index contributed by atoms with van der Waals surface area (Å²) < 4.78 is 1.69. The lowest BCUT2D eigenvalue weighted by Gasteiger charge is -2.18. The molecular weight excluding hydrogens is 347 g/mol. The number of pyridine rings is 1. The van der Waals surface area contributed by atoms with Crippen LogP contribution in [0.3, 0.4) is 0 Å². The first-order chi connectivity index (χ1) is 11.6. The van der Waals surface area contributed by atoms with Crippen LogP contribution in [0.25, 0.3) is 0 Å². The Bertz CT molecular complexity index is 864. The predicted octanol–water partition coefficient (Wildman–Crippen LogP) is 4.45. The van der Waals surface area contributed by atoms with Gasteiger partial charge in [-0.05, 0) is 42.8 Å². The Morgan fingerprint density at radius 3 is 2.79 bits per heavy atom. The summed E-state index contributed by atoms with van der Waals surface area (Å²) in [6.45, 7) is 1.93. The number of nitrogens with zero attached hydrogens (tertiary/aromatic N) is 3. The van der Waals surface area contributed by atoms with Crippen LogP contribution in [0.15, 0.2) is 55.0 Å². The number of aromatic nitrogens is 3. The van der Waals surface area contributed by atoms with Crippen LogP contribution in [0.1, 0.15) is 28.9 Å². The number of carbonyl (C=O) groups excluding carboxylic acids is 1. The second kappa shape index (κ2) is 7.03. The minimum Gasteiger partial charge on any atom is -0.307 e. The molecule has 24 heavy (non-hydrogen) atoms. The van der Waals surface area contributed by atoms with Gasteiger partial charge in [0, 0.05) is 28.5 Å². The average molecular weight is 361 g/mol. The van der Waals surface area contributed by atoms with E-state index in [-0.39, 0.29) is 11.9 Å². The summed E-state index contributed by atoms with van der Waals surface area (Å²) in [5.41, 5.74) is 1.29. The van der Waals surface area contributed by atoms with Crippen LogP contribution in [0.5, 0.6) is 0 Å². The van der Waals surface area contributed by atoms with E-state index in [9.17, 15) is 4.79 Å². The molecule has 7 heteroatoms. The molecule has 1 aromatic carbocycles. The van der Waals surface area contributed by atoms with Gasteiger partial charge in [-0.2, -0.15) is 5.10 Å². The predicted molar refractivity (Wildman–Crippen MR) is 94.7 cm³/mol. The van der Waals surface area contributed by atoms with Gasteiger partial charge in [0.05, 0.1) is 17.8 Å². The first-order valence-corrected chi connectivity index (χ1v) is 8.01. The second-order valence-corrected chi connectivity index (χ2v) is 6.04. The van der Waals surface area contributed by atoms with Crippen molar-refractivity contribution in [3.05, 3.63) is 76.2 Å². The number of carbonyl (C=O) groups is 1. The Hall–Kier alpha value is -2.37. The molecule has 122 valence electrons. The molecule has 0 fully saturated rings. The fraction of sp³-hybridized carbons (Fsp3) is 0.118. The van der Waals surface area contributed by atoms with Gasteiger partial charge in [-0.25, -0.2) is 4.68 Å². The van der Waals surface area contributed by atoms with Crippen molar-refractivity contribution in [2.24, 2.45) is 0 Å². The minimum atomic E-state index is -0.255. The van der Waals surface area contributed by atoms with Gasteiger partial charge in [0.15, 0.2) is 0 Å². The largest absolute Gasteiger partial charge is 0.307 e. The molecule has 0 unspecified atom stereocenters. The molecule has 3 aromatic rings. The van der Waals surface area contributed by atoms with Crippen LogP contribution in [-0.4, -0.2) is 20.7 Å². The molecule has 1 N–H and O–H groups in total. The van der Waals surface area contributed by atoms with Crippen LogP contribution in [0.2, 0.25) is 10.0 Å². The van der Waals surface area contributed by atoms with Crippen molar-refractivity contribution in [1.29, 1.82) is 0 Å². The van der Waals surface area contributed by atoms with Gasteiger partial charge in [0.25, 0.3) is 5.91 Å². The van der Waals surface area contributed by atoms with Crippen molar-refractivity contribution in [3.8, 4) is 0 Å². The molecule has 5 nitrogen and oxygen atoms in total. The Morgan fingerprint density at radius 2 is 2.04 bits per heavy atom. The highest BCUT2D eigenvalue weighted by Crippen LogP contribution is 2.30. The highest BCUT2D eigenvalue weighted by molar-refractivity contribution is 6.33. The Kier molecular flexibility index (Phi) is 4.83. The van der Waals surface area contributed by atoms with Crippen molar-refractivity contribution in [1.82, 2.24) is 14.8 Å². The zero-order valence-electron chi connectivity index (χ0n) is 12.8. The van der Waals surface area contributed by atoms with Crippen molar-refractivity contribution < 1.29 is 4.79 Å². The molecule has 2 aromatic heterocycles. The average Bonchev–Trinajstić information content (AvgIpc) is 3.05. The maximum atomic E-state index is 12.3. The first kappa shape index (κ1) is 16.5. The zero-order valence-corrected chi connectivity index (χ0v) is 14.3. The van der Waals surface area contributed by atoms with E-state index in [2.05, 4.69) is 15.4 Å². The maximum absolute atomic E-state index is 12.3. The summed E-state index contributed by atoms with van der Waals surface area (Å²) in [6, 6.07) is 10.2. The van der Waals surface area contributed by atoms with Gasteiger partial charge in [-0.15, -0.1) is 0 Å². The fourth-order valence-electron chi connectivity index (χ4n) is 2.37. The molecular formula is C17H14Cl2N4O. The van der Waals surface area contributed by atoms with Crippen molar-refractivity contribution in [2.75, 3.05) is 5.32 Å². The number of nitrogens with one attached hydrogen (secondary N) is 1. The number of anilines is 1. The van der Waals surface area contributed by atoms with E-state index >= 15 is 0 Å². The van der Waals surface area contributed by atoms with Gasteiger partial charge in [-0.3, -0.25) is 9.78 Å². The first-order valence-electron chi connectivity index (χ1n) is 7.26. The molecule has 0 aliphatic rings. The Balaban J connectivity index is 1.87. The van der Waals surface area contributed by atoms with Crippen LogP contribution < -0.4 is 5.32 Å². The molecule has 0 radical (unpaired) electrons. The normalized spacial score (nSPS) is 12.0. The van der Waals surface area contributed by atoms with Crippen molar-refractivity contribution in [2.45, 2.75) is 13.0 Å². The van der Waals surface area contributed by atoms with Crippen LogP contribution in [-0.2, 0) is 0 Å². The quantitative estimate of drug-likeness (QED) is 0.747. The second-order valence-electron chi connectivity index (χ2n) is 5.20. The molecule has 3 rings (SSSR count). The van der Waals surface area contributed by atoms with E-state index in [0.717, 1.165) is 5.56 Å². The van der Waals surface area contributed by atoms with Gasteiger partial charge < -0.3 is 5.32 Å². The molecule has 0 spiro atoms. The lowest BCUT2D eigenvalue weighted by molar-refractivity contribution is 0.102. The summed E-state index contributed by atoms with van der Waals surface area (Å²) in [5, 5.41) is 8.31. The van der Waals surface area contributed by atoms with Crippen LogP contribution >= 0.6 is 23.2 Å². The summed E-state index contributed by atoms with van der Waals surface area (Å²) in [4.78, 5) is 16.3. The SMILES string of the molecule is C[C@H](c1cc(Cl)ccc1Cl)n1nccc1NC(=O)c1cccnc1. The number of hydrogen-bond donors (Lipinski definition) is 1. The third-order valence-corrected chi connectivity index (χ3v) is 4.19. The van der Waals surface area contributed by atoms with Crippen molar-refractivity contribution >= 4 is 34.9 Å². The lowest BCUT2D eigenvalue weighted by Crippen LogP contribution is -2.18. The Labute approximate surface area is 149 Å². The lowest BCUT2D eigenvalue weighted by atomic mass is 10.1. The van der Waals surface area contributed by atoms with Crippen LogP contribution in [0.4, 0.5) is 5.82 Å². The van der Waals surface area contributed by atoms with Crippen molar-refractivity contribution in [3.63, 3.8) is 0 Å². The fourth-order valence-corrected chi connectivity index (χ4v) is 2.83. The van der Waals surface area contributed by atoms with Crippen LogP contribution in [0, 0.1) is 0 Å². The smallest absolute Gasteiger partial charge is 0.258 e. The van der Waals surface area contributed by atoms with E-state index in [1.807, 2.05) is 6.92 Å². The van der Waals surface area contributed by atoms with E-state index in [0.29, 0.717) is 21.4 Å². The number of hydrogen-bond acceptors (Lipinski definition) is 3. The van der Waals surface area contributed by atoms with E-state index in [4.69, 9.17) is 23.2 Å². The highest BCUT2D eigenvalue weighted by Gasteiger charge is 2.17. The zero-order chi connectivity index (χ0) is 17.1. The monoisotopic (exact) mass is 360 g/mol. The number of rotatable bonds is 4. The number of benzene rings is 1. The van der Waals surface area contributed by atoms with E-state index in [1.54, 1.807) is 53.5 Å². The summed E-state index contributed by atoms with van der Waals surface area (Å²) >= 11 is 12.3. The summed E-state index contributed by atoms with van der Waals surface area (Å²) in [7, 11) is 0. The highest BCUT2D eigenvalue weighted by atomic mass is 35.5. The van der Waals surface area contributed by atoms with Gasteiger partial charge in [0.1, 0.15) is 5.82 Å².